The number of hydrogen-bond acceptors (Lipinski definition) is 15. The van der Waals surface area contributed by atoms with Gasteiger partial charge in [0.1, 0.15) is 19.3 Å². The summed E-state index contributed by atoms with van der Waals surface area (Å²) in [5, 5.41) is 10.7. The maximum absolute atomic E-state index is 13.2. The Hall–Kier alpha value is -1.94. The Morgan fingerprint density at radius 2 is 0.449 bits per heavy atom. The molecule has 0 fully saturated rings. The van der Waals surface area contributed by atoms with Gasteiger partial charge in [-0.25, -0.2) is 9.13 Å². The first kappa shape index (κ1) is 105. The molecule has 0 aliphatic heterocycles. The van der Waals surface area contributed by atoms with E-state index >= 15 is 0 Å². The SMILES string of the molecule is CCC(C)CCCCCCCCCCCCCCCCC(=O)OC[C@H](COP(=O)(O)OCC(O)COP(=O)(O)OC[C@@H](COC(=O)CCCCCCCCCC(C)C)OC(=O)CCCCCCCCCCCCCCCCCCCCC(C)C)OC(=O)CCCCCCCCCCCCCCCCCC(C)C. The van der Waals surface area contributed by atoms with Gasteiger partial charge in [-0.05, 0) is 49.4 Å². The minimum absolute atomic E-state index is 0.107. The Balaban J connectivity index is 5.22. The summed E-state index contributed by atoms with van der Waals surface area (Å²) in [5.41, 5.74) is 0. The van der Waals surface area contributed by atoms with Crippen LogP contribution in [0.4, 0.5) is 0 Å². The standard InChI is InChI=1S/C88H172O17P2/c1-9-81(8)67-59-51-43-35-29-23-19-20-24-30-36-44-52-60-68-85(90)98-74-83(104-87(92)70-63-55-46-38-32-26-18-14-16-22-28-34-41-49-57-65-79(4)5)76-102-106(94,95)100-72-82(89)73-101-107(96,97)103-77-84(75-99-86(91)69-61-53-47-39-42-50-58-66-80(6)7)105-88(93)71-62-54-45-37-31-25-17-13-11-10-12-15-21-27-33-40-48-56-64-78(2)3/h78-84,89H,9-77H2,1-8H3,(H,94,95)(H,96,97)/t81?,82?,83-,84-/m1/s1. The van der Waals surface area contributed by atoms with Gasteiger partial charge in [-0.15, -0.1) is 0 Å². The molecule has 17 nitrogen and oxygen atoms in total. The summed E-state index contributed by atoms with van der Waals surface area (Å²) in [5.74, 6) is 1.07. The molecule has 0 radical (unpaired) electrons. The van der Waals surface area contributed by atoms with Crippen molar-refractivity contribution in [2.24, 2.45) is 23.7 Å². The van der Waals surface area contributed by atoms with Gasteiger partial charge in [-0.1, -0.05) is 409 Å². The second-order valence-electron chi connectivity index (χ2n) is 33.3. The van der Waals surface area contributed by atoms with Gasteiger partial charge in [0.15, 0.2) is 12.2 Å². The van der Waals surface area contributed by atoms with Crippen molar-refractivity contribution in [2.45, 2.75) is 478 Å². The molecule has 0 amide bonds. The molecule has 6 atom stereocenters. The van der Waals surface area contributed by atoms with E-state index in [1.54, 1.807) is 0 Å². The van der Waals surface area contributed by atoms with Crippen LogP contribution in [0.3, 0.4) is 0 Å². The van der Waals surface area contributed by atoms with Crippen molar-refractivity contribution < 1.29 is 80.2 Å². The molecule has 0 bridgehead atoms. The Kier molecular flexibility index (Phi) is 75.3. The summed E-state index contributed by atoms with van der Waals surface area (Å²) in [6.45, 7) is 14.4. The van der Waals surface area contributed by atoms with Crippen LogP contribution >= 0.6 is 15.6 Å². The number of carbonyl (C=O) groups excluding carboxylic acids is 4. The molecule has 4 unspecified atom stereocenters. The minimum Gasteiger partial charge on any atom is -0.462 e. The van der Waals surface area contributed by atoms with Crippen LogP contribution in [0.2, 0.25) is 0 Å². The number of phosphoric ester groups is 2. The van der Waals surface area contributed by atoms with Crippen LogP contribution in [0.25, 0.3) is 0 Å². The minimum atomic E-state index is -4.97. The lowest BCUT2D eigenvalue weighted by Crippen LogP contribution is -2.30. The molecule has 0 aromatic carbocycles. The van der Waals surface area contributed by atoms with E-state index in [4.69, 9.17) is 37.0 Å². The maximum atomic E-state index is 13.2. The van der Waals surface area contributed by atoms with Crippen LogP contribution in [0.5, 0.6) is 0 Å². The summed E-state index contributed by atoms with van der Waals surface area (Å²) in [7, 11) is -9.93. The van der Waals surface area contributed by atoms with Crippen LogP contribution in [0.1, 0.15) is 460 Å². The van der Waals surface area contributed by atoms with Gasteiger partial charge < -0.3 is 33.8 Å². The summed E-state index contributed by atoms with van der Waals surface area (Å²) in [6, 6.07) is 0. The lowest BCUT2D eigenvalue weighted by molar-refractivity contribution is -0.161. The second kappa shape index (κ2) is 76.7. The van der Waals surface area contributed by atoms with Crippen molar-refractivity contribution in [1.82, 2.24) is 0 Å². The molecule has 107 heavy (non-hydrogen) atoms. The number of esters is 4. The molecule has 0 saturated carbocycles. The molecule has 0 aromatic rings. The van der Waals surface area contributed by atoms with E-state index in [9.17, 15) is 43.2 Å². The zero-order valence-electron chi connectivity index (χ0n) is 70.8. The van der Waals surface area contributed by atoms with Gasteiger partial charge in [-0.3, -0.25) is 37.3 Å². The molecule has 0 aliphatic rings. The predicted molar refractivity (Wildman–Crippen MR) is 441 cm³/mol. The normalized spacial score (nSPS) is 14.1. The number of phosphoric acid groups is 2. The molecule has 3 N–H and O–H groups in total. The average molecular weight is 1560 g/mol. The molecule has 19 heteroatoms. The average Bonchev–Trinajstić information content (AvgIpc) is 0.908. The molecule has 636 valence electrons. The van der Waals surface area contributed by atoms with E-state index < -0.39 is 97.5 Å². The predicted octanol–water partition coefficient (Wildman–Crippen LogP) is 26.7. The highest BCUT2D eigenvalue weighted by molar-refractivity contribution is 7.47. The number of ether oxygens (including phenoxy) is 4. The highest BCUT2D eigenvalue weighted by atomic mass is 31.2. The fraction of sp³-hybridized carbons (Fsp3) is 0.955. The third-order valence-electron chi connectivity index (χ3n) is 20.9. The van der Waals surface area contributed by atoms with E-state index in [2.05, 4.69) is 55.4 Å². The highest BCUT2D eigenvalue weighted by Crippen LogP contribution is 2.45. The molecule has 0 aromatic heterocycles. The van der Waals surface area contributed by atoms with E-state index in [1.165, 1.54) is 257 Å². The van der Waals surface area contributed by atoms with Crippen molar-refractivity contribution in [2.75, 3.05) is 39.6 Å². The molecular formula is C88H172O17P2. The van der Waals surface area contributed by atoms with Gasteiger partial charge in [0, 0.05) is 25.7 Å². The van der Waals surface area contributed by atoms with Crippen LogP contribution in [0, 0.1) is 23.7 Å². The van der Waals surface area contributed by atoms with E-state index in [1.807, 2.05) is 0 Å². The van der Waals surface area contributed by atoms with Gasteiger partial charge in [0.2, 0.25) is 0 Å². The Labute approximate surface area is 658 Å². The van der Waals surface area contributed by atoms with E-state index in [-0.39, 0.29) is 25.7 Å². The fourth-order valence-electron chi connectivity index (χ4n) is 13.6. The maximum Gasteiger partial charge on any atom is 0.472 e. The zero-order valence-corrected chi connectivity index (χ0v) is 72.6. The van der Waals surface area contributed by atoms with Crippen LogP contribution < -0.4 is 0 Å². The van der Waals surface area contributed by atoms with Crippen molar-refractivity contribution in [1.29, 1.82) is 0 Å². The number of carbonyl (C=O) groups is 4. The van der Waals surface area contributed by atoms with Crippen LogP contribution in [0.15, 0.2) is 0 Å². The third-order valence-corrected chi connectivity index (χ3v) is 22.8. The largest absolute Gasteiger partial charge is 0.472 e. The summed E-state index contributed by atoms with van der Waals surface area (Å²) in [4.78, 5) is 73.3. The Morgan fingerprint density at radius 1 is 0.262 bits per heavy atom. The van der Waals surface area contributed by atoms with Crippen molar-refractivity contribution in [3.8, 4) is 0 Å². The quantitative estimate of drug-likeness (QED) is 0.0222. The number of unbranched alkanes of at least 4 members (excludes halogenated alkanes) is 50. The Bertz CT molecular complexity index is 2080. The van der Waals surface area contributed by atoms with Gasteiger partial charge in [0.05, 0.1) is 26.4 Å². The van der Waals surface area contributed by atoms with Gasteiger partial charge in [0.25, 0.3) is 0 Å². The topological polar surface area (TPSA) is 237 Å². The molecule has 0 heterocycles. The number of aliphatic hydroxyl groups excluding tert-OH is 1. The third kappa shape index (κ3) is 80.5. The number of aliphatic hydroxyl groups is 1. The first-order valence-electron chi connectivity index (χ1n) is 45.2. The number of hydrogen-bond donors (Lipinski definition) is 3. The summed E-state index contributed by atoms with van der Waals surface area (Å²) < 4.78 is 68.9. The zero-order chi connectivity index (χ0) is 78.8. The van der Waals surface area contributed by atoms with Crippen molar-refractivity contribution in [3.63, 3.8) is 0 Å². The lowest BCUT2D eigenvalue weighted by atomic mass is 9.99. The summed E-state index contributed by atoms with van der Waals surface area (Å²) >= 11 is 0. The van der Waals surface area contributed by atoms with Crippen molar-refractivity contribution in [3.05, 3.63) is 0 Å². The Morgan fingerprint density at radius 3 is 0.664 bits per heavy atom. The smallest absolute Gasteiger partial charge is 0.462 e. The first-order valence-corrected chi connectivity index (χ1v) is 48.2. The van der Waals surface area contributed by atoms with Gasteiger partial charge >= 0.3 is 39.5 Å². The molecule has 0 rings (SSSR count). The molecule has 0 aliphatic carbocycles. The van der Waals surface area contributed by atoms with Gasteiger partial charge in [-0.2, -0.15) is 0 Å². The summed E-state index contributed by atoms with van der Waals surface area (Å²) in [6.07, 6.45) is 66.7. The van der Waals surface area contributed by atoms with E-state index in [0.717, 1.165) is 114 Å². The first-order chi connectivity index (χ1) is 51.6. The van der Waals surface area contributed by atoms with Crippen LogP contribution in [-0.4, -0.2) is 96.7 Å². The van der Waals surface area contributed by atoms with Crippen LogP contribution in [-0.2, 0) is 65.4 Å². The fourth-order valence-corrected chi connectivity index (χ4v) is 15.2. The lowest BCUT2D eigenvalue weighted by Gasteiger charge is -2.21. The molecular weight excluding hydrogens is 1390 g/mol. The second-order valence-corrected chi connectivity index (χ2v) is 36.2. The van der Waals surface area contributed by atoms with E-state index in [0.29, 0.717) is 31.6 Å². The van der Waals surface area contributed by atoms with Crippen molar-refractivity contribution >= 4 is 39.5 Å². The molecule has 0 spiro atoms. The monoisotopic (exact) mass is 1560 g/mol. The number of rotatable bonds is 85. The highest BCUT2D eigenvalue weighted by Gasteiger charge is 2.31. The molecule has 0 saturated heterocycles.